The number of nitrogens with one attached hydrogen (secondary N) is 3. The van der Waals surface area contributed by atoms with Crippen molar-refractivity contribution in [3.63, 3.8) is 0 Å². The van der Waals surface area contributed by atoms with Crippen LogP contribution in [0, 0.1) is 52.8 Å². The van der Waals surface area contributed by atoms with Crippen LogP contribution in [-0.2, 0) is 62.3 Å². The Morgan fingerprint density at radius 3 is 1.85 bits per heavy atom. The highest BCUT2D eigenvalue weighted by Crippen LogP contribution is 2.50. The van der Waals surface area contributed by atoms with E-state index in [9.17, 15) is 50.3 Å². The van der Waals surface area contributed by atoms with Gasteiger partial charge in [0.15, 0.2) is 0 Å². The second kappa shape index (κ2) is 35.9. The average Bonchev–Trinajstić information content (AvgIpc) is 0.761. The molecule has 31 heteroatoms. The summed E-state index contributed by atoms with van der Waals surface area (Å²) in [7, 11) is 11.1. The van der Waals surface area contributed by atoms with Crippen molar-refractivity contribution in [2.45, 2.75) is 262 Å². The van der Waals surface area contributed by atoms with Crippen molar-refractivity contribution >= 4 is 70.9 Å². The quantitative estimate of drug-likeness (QED) is 0.136. The van der Waals surface area contributed by atoms with Crippen molar-refractivity contribution < 1.29 is 88.6 Å². The van der Waals surface area contributed by atoms with Crippen molar-refractivity contribution in [3.05, 3.63) is 12.2 Å². The third-order valence-corrected chi connectivity index (χ3v) is 25.2. The van der Waals surface area contributed by atoms with Crippen LogP contribution in [0.25, 0.3) is 0 Å². The second-order valence-electron chi connectivity index (χ2n) is 33.8. The molecular formula is C77H120F6N12O13. The van der Waals surface area contributed by atoms with E-state index in [1.54, 1.807) is 32.9 Å². The van der Waals surface area contributed by atoms with E-state index in [4.69, 9.17) is 4.74 Å². The van der Waals surface area contributed by atoms with Crippen molar-refractivity contribution in [1.29, 1.82) is 0 Å². The van der Waals surface area contributed by atoms with Crippen LogP contribution in [0.3, 0.4) is 0 Å². The molecule has 0 radical (unpaired) electrons. The maximum atomic E-state index is 15.8. The first-order valence-corrected chi connectivity index (χ1v) is 39.2. The number of hydrogen-bond donors (Lipinski definition) is 3. The number of nitrogens with zero attached hydrogens (tertiary/aromatic N) is 9. The third kappa shape index (κ3) is 20.3. The number of ether oxygens (including phenoxy) is 1. The molecule has 12 amide bonds. The summed E-state index contributed by atoms with van der Waals surface area (Å²) in [4.78, 5) is 193. The van der Waals surface area contributed by atoms with E-state index in [2.05, 4.69) is 16.0 Å². The van der Waals surface area contributed by atoms with E-state index in [0.29, 0.717) is 44.9 Å². The highest BCUT2D eigenvalue weighted by molar-refractivity contribution is 6.01. The Morgan fingerprint density at radius 2 is 1.27 bits per heavy atom. The molecule has 108 heavy (non-hydrogen) atoms. The van der Waals surface area contributed by atoms with Crippen LogP contribution in [0.15, 0.2) is 12.2 Å². The molecule has 3 aliphatic heterocycles. The van der Waals surface area contributed by atoms with Gasteiger partial charge in [-0.05, 0) is 170 Å². The number of carbonyl (C=O) groups is 12. The predicted octanol–water partition coefficient (Wildman–Crippen LogP) is 6.70. The zero-order valence-corrected chi connectivity index (χ0v) is 65.9. The van der Waals surface area contributed by atoms with Gasteiger partial charge >= 0.3 is 12.4 Å². The van der Waals surface area contributed by atoms with Crippen LogP contribution < -0.4 is 16.0 Å². The minimum atomic E-state index is -4.55. The largest absolute Gasteiger partial charge is 0.394 e. The van der Waals surface area contributed by atoms with Crippen LogP contribution in [-0.4, -0.2) is 276 Å². The lowest BCUT2D eigenvalue weighted by molar-refractivity contribution is -0.215. The molecule has 2 saturated heterocycles. The predicted molar refractivity (Wildman–Crippen MR) is 388 cm³/mol. The van der Waals surface area contributed by atoms with Gasteiger partial charge in [-0.3, -0.25) is 57.5 Å². The topological polar surface area (TPSA) is 279 Å². The Hall–Kier alpha value is -7.08. The average molecular weight is 1540 g/mol. The number of hydrogen-bond acceptors (Lipinski definition) is 13. The van der Waals surface area contributed by atoms with Gasteiger partial charge in [0.25, 0.3) is 0 Å². The first-order chi connectivity index (χ1) is 50.6. The molecule has 0 aromatic heterocycles. The van der Waals surface area contributed by atoms with Crippen molar-refractivity contribution in [2.75, 3.05) is 89.2 Å². The molecule has 3 heterocycles. The van der Waals surface area contributed by atoms with Gasteiger partial charge in [0.1, 0.15) is 53.9 Å². The molecule has 5 saturated carbocycles. The summed E-state index contributed by atoms with van der Waals surface area (Å²) in [6, 6.07) is -10.5. The van der Waals surface area contributed by atoms with Gasteiger partial charge in [0.05, 0.1) is 37.5 Å². The lowest BCUT2D eigenvalue weighted by atomic mass is 9.58. The van der Waals surface area contributed by atoms with Crippen molar-refractivity contribution in [3.8, 4) is 0 Å². The fourth-order valence-corrected chi connectivity index (χ4v) is 18.4. The van der Waals surface area contributed by atoms with Gasteiger partial charge in [-0.1, -0.05) is 66.0 Å². The van der Waals surface area contributed by atoms with Gasteiger partial charge in [-0.2, -0.15) is 26.3 Å². The molecule has 3 unspecified atom stereocenters. The normalized spacial score (nSPS) is 32.4. The molecule has 0 aromatic rings. The molecule has 0 aromatic carbocycles. The summed E-state index contributed by atoms with van der Waals surface area (Å²) in [5.74, 6) is -14.4. The molecule has 25 nitrogen and oxygen atoms in total. The number of amides is 12. The summed E-state index contributed by atoms with van der Waals surface area (Å²) in [5, 5.41) is 8.79. The summed E-state index contributed by atoms with van der Waals surface area (Å²) in [5.41, 5.74) is -2.18. The van der Waals surface area contributed by atoms with E-state index in [1.165, 1.54) is 85.8 Å². The lowest BCUT2D eigenvalue weighted by Gasteiger charge is -2.54. The summed E-state index contributed by atoms with van der Waals surface area (Å²) in [6.45, 7) is 9.61. The van der Waals surface area contributed by atoms with Gasteiger partial charge in [-0.15, -0.1) is 0 Å². The molecule has 1 spiro atoms. The van der Waals surface area contributed by atoms with Crippen LogP contribution in [0.2, 0.25) is 0 Å². The van der Waals surface area contributed by atoms with Crippen LogP contribution in [0.1, 0.15) is 189 Å². The van der Waals surface area contributed by atoms with E-state index in [-0.39, 0.29) is 128 Å². The van der Waals surface area contributed by atoms with Crippen molar-refractivity contribution in [1.82, 2.24) is 60.0 Å². The third-order valence-electron chi connectivity index (χ3n) is 25.2. The molecule has 3 N–H and O–H groups in total. The lowest BCUT2D eigenvalue weighted by Crippen LogP contribution is -2.71. The van der Waals surface area contributed by atoms with Crippen LogP contribution in [0.4, 0.5) is 26.3 Å². The number of carbonyl (C=O) groups excluding carboxylic acids is 12. The van der Waals surface area contributed by atoms with Crippen LogP contribution in [0.5, 0.6) is 0 Å². The van der Waals surface area contributed by atoms with Gasteiger partial charge in [0.2, 0.25) is 70.9 Å². The number of methoxy groups -OCH3 is 1. The number of likely N-dealkylation sites (N-methyl/N-ethyl adjacent to an activating group) is 7. The van der Waals surface area contributed by atoms with Crippen LogP contribution >= 0.6 is 0 Å². The number of fused-ring (bicyclic) bond motifs is 3. The standard InChI is InChI=1S/C77H120F6N12O13/c1-15-46(4)62-71(105)89(9)42-61(98)90(10)54-24-18-17-21-35-94(70(54)104)57(37-47-25-31-51(32-26-47)76(78,79)80)69(103)88(8)41-59(96)84-53(34-28-48-27-33-52(77(81,82)83)58(38-48)108-14)67(101)95-40-45(3)36-55(95)65(99)86-75(43-74(5,6)44-75)73(107)93(13)64(49-22-19-20-23-49)72(106)91(11)56(68(102)87(7)16-2)39-60(97)92(12)63(50-29-30-50)66(100)85-62/h17-18,45-58,62-64H,15-16,19-44H2,1-14H3,(H,84,96)(H,85,100)(H,86,99)/b18-17-/t45-,46-,47?,48?,51?,52?,53-,54-,55-,56-,57-,58?,62-,63-,64-/m0/s1. The Morgan fingerprint density at radius 1 is 0.648 bits per heavy atom. The highest BCUT2D eigenvalue weighted by atomic mass is 19.4. The number of rotatable bonds is 12. The Bertz CT molecular complexity index is 3300. The maximum absolute atomic E-state index is 15.8. The van der Waals surface area contributed by atoms with Gasteiger partial charge < -0.3 is 64.8 Å². The first-order valence-electron chi connectivity index (χ1n) is 39.2. The molecule has 8 rings (SSSR count). The van der Waals surface area contributed by atoms with E-state index < -0.39 is 204 Å². The fraction of sp³-hybridized carbons (Fsp3) is 0.818. The minimum Gasteiger partial charge on any atom is -0.381 e. The van der Waals surface area contributed by atoms with Gasteiger partial charge in [0, 0.05) is 76.1 Å². The molecule has 13 atom stereocenters. The summed E-state index contributed by atoms with van der Waals surface area (Å²) in [6.07, 6.45) is -3.80. The van der Waals surface area contributed by atoms with E-state index >= 15 is 33.6 Å². The highest BCUT2D eigenvalue weighted by Gasteiger charge is 2.60. The monoisotopic (exact) mass is 1530 g/mol. The molecule has 7 fully saturated rings. The molecule has 608 valence electrons. The number of halogens is 6. The Kier molecular flexibility index (Phi) is 28.8. The Balaban J connectivity index is 1.20. The first kappa shape index (κ1) is 86.5. The van der Waals surface area contributed by atoms with E-state index in [0.717, 1.165) is 14.7 Å². The second-order valence-corrected chi connectivity index (χ2v) is 33.8. The zero-order chi connectivity index (χ0) is 80.0. The Labute approximate surface area is 632 Å². The fourth-order valence-electron chi connectivity index (χ4n) is 18.4. The molecular weight excluding hydrogens is 1410 g/mol. The van der Waals surface area contributed by atoms with Crippen molar-refractivity contribution in [2.24, 2.45) is 52.8 Å². The molecule has 8 aliphatic rings. The maximum Gasteiger partial charge on any atom is 0.394 e. The van der Waals surface area contributed by atoms with Gasteiger partial charge in [-0.25, -0.2) is 0 Å². The smallest absolute Gasteiger partial charge is 0.381 e. The summed E-state index contributed by atoms with van der Waals surface area (Å²) < 4.78 is 90.8. The summed E-state index contributed by atoms with van der Waals surface area (Å²) >= 11 is 0. The molecule has 2 bridgehead atoms. The molecule has 5 aliphatic carbocycles. The number of alkyl halides is 6. The minimum absolute atomic E-state index is 0.0121. The SMILES string of the molecule is CC[C@H](C)[C@@H]1NC(=O)[C@H](C2CC2)N(C)C(=O)C[C@@H](C(=O)N(C)CC)N(C)C(=O)[C@H](C2CCCC2)N(C)C(=O)C2(CC(C)(C)C2)NC(=O)[C@@H]2C[C@H](C)CN2C(=O)[C@H](CCC2CCC(C(F)(F)F)C(OC)C2)NC(=O)CN(C)C(=O)[C@H](CC2CCC(C(F)(F)F)CC2)N2CC/C=C\C[C@@H](C2=O)N(C)C(=O)CN(C)C1=O. The van der Waals surface area contributed by atoms with E-state index in [1.807, 2.05) is 20.8 Å². The zero-order valence-electron chi connectivity index (χ0n) is 65.9.